The predicted octanol–water partition coefficient (Wildman–Crippen LogP) is 5.41. The number of rotatable bonds is 6. The molecule has 0 aliphatic carbocycles. The van der Waals surface area contributed by atoms with E-state index < -0.39 is 5.82 Å². The number of aromatic nitrogens is 3. The molecule has 0 bridgehead atoms. The molecule has 2 heterocycles. The number of ether oxygens (including phenoxy) is 1. The van der Waals surface area contributed by atoms with E-state index in [4.69, 9.17) is 22.1 Å². The second-order valence-electron chi connectivity index (χ2n) is 6.46. The van der Waals surface area contributed by atoms with Gasteiger partial charge in [-0.1, -0.05) is 48.0 Å². The van der Waals surface area contributed by atoms with Crippen LogP contribution < -0.4 is 21.1 Å². The van der Waals surface area contributed by atoms with Crippen LogP contribution in [0.5, 0.6) is 5.75 Å². The van der Waals surface area contributed by atoms with E-state index in [9.17, 15) is 4.39 Å². The number of hydrogen-bond acceptors (Lipinski definition) is 7. The third kappa shape index (κ3) is 4.49. The summed E-state index contributed by atoms with van der Waals surface area (Å²) in [4.78, 5) is 12.4. The number of nitrogens with zero attached hydrogens (tertiary/aromatic N) is 3. The largest absolute Gasteiger partial charge is 0.495 e. The molecule has 4 aromatic rings. The van der Waals surface area contributed by atoms with E-state index in [2.05, 4.69) is 25.6 Å². The summed E-state index contributed by atoms with van der Waals surface area (Å²) < 4.78 is 19.6. The van der Waals surface area contributed by atoms with Crippen molar-refractivity contribution in [3.05, 3.63) is 77.7 Å². The van der Waals surface area contributed by atoms with Crippen LogP contribution in [0.15, 0.2) is 66.9 Å². The molecule has 0 spiro atoms. The summed E-state index contributed by atoms with van der Waals surface area (Å²) in [6.07, 6.45) is 1.07. The zero-order valence-corrected chi connectivity index (χ0v) is 17.2. The molecule has 0 atom stereocenters. The molecule has 156 valence electrons. The van der Waals surface area contributed by atoms with Crippen LogP contribution in [0.2, 0.25) is 5.02 Å². The Balaban J connectivity index is 1.70. The van der Waals surface area contributed by atoms with Gasteiger partial charge in [-0.05, 0) is 29.8 Å². The second-order valence-corrected chi connectivity index (χ2v) is 6.84. The van der Waals surface area contributed by atoms with Crippen molar-refractivity contribution in [2.24, 2.45) is 0 Å². The Kier molecular flexibility index (Phi) is 5.81. The first-order valence-electron chi connectivity index (χ1n) is 9.26. The number of benzene rings is 2. The maximum absolute atomic E-state index is 14.3. The Morgan fingerprint density at radius 1 is 0.968 bits per heavy atom. The van der Waals surface area contributed by atoms with Crippen molar-refractivity contribution in [3.8, 4) is 16.9 Å². The molecule has 2 aromatic carbocycles. The zero-order chi connectivity index (χ0) is 21.8. The topological polar surface area (TPSA) is 98.0 Å². The van der Waals surface area contributed by atoms with Crippen molar-refractivity contribution in [3.63, 3.8) is 0 Å². The minimum absolute atomic E-state index is 0.0449. The van der Waals surface area contributed by atoms with Gasteiger partial charge in [0.15, 0.2) is 11.6 Å². The Morgan fingerprint density at radius 3 is 2.52 bits per heavy atom. The molecule has 0 aliphatic rings. The van der Waals surface area contributed by atoms with E-state index in [-0.39, 0.29) is 11.8 Å². The molecule has 4 rings (SSSR count). The van der Waals surface area contributed by atoms with Gasteiger partial charge in [0.2, 0.25) is 5.95 Å². The number of pyridine rings is 1. The Hall–Kier alpha value is -3.91. The van der Waals surface area contributed by atoms with Gasteiger partial charge >= 0.3 is 0 Å². The third-order valence-electron chi connectivity index (χ3n) is 4.40. The molecule has 0 saturated carbocycles. The molecular weight excluding hydrogens is 419 g/mol. The van der Waals surface area contributed by atoms with Crippen molar-refractivity contribution in [1.29, 1.82) is 0 Å². The van der Waals surface area contributed by atoms with Crippen LogP contribution in [-0.4, -0.2) is 22.1 Å². The lowest BCUT2D eigenvalue weighted by Gasteiger charge is -2.16. The first-order valence-corrected chi connectivity index (χ1v) is 9.64. The summed E-state index contributed by atoms with van der Waals surface area (Å²) in [5.41, 5.74) is 7.90. The molecule has 0 fully saturated rings. The van der Waals surface area contributed by atoms with Gasteiger partial charge in [0.25, 0.3) is 0 Å². The summed E-state index contributed by atoms with van der Waals surface area (Å²) in [5.74, 6) is 0.689. The van der Waals surface area contributed by atoms with Crippen LogP contribution in [0.4, 0.5) is 33.5 Å². The summed E-state index contributed by atoms with van der Waals surface area (Å²) in [6, 6.07) is 18.1. The Morgan fingerprint density at radius 2 is 1.77 bits per heavy atom. The SMILES string of the molecule is COc1ccc(Nc2ncc(F)c(Nc3cccc(N)n3)n2)c(-c2ccccc2)c1Cl. The number of nitrogens with one attached hydrogen (secondary N) is 2. The van der Waals surface area contributed by atoms with Gasteiger partial charge in [-0.3, -0.25) is 0 Å². The fourth-order valence-electron chi connectivity index (χ4n) is 2.98. The fraction of sp³-hybridized carbons (Fsp3) is 0.0455. The first-order chi connectivity index (χ1) is 15.0. The molecule has 9 heteroatoms. The average Bonchev–Trinajstić information content (AvgIpc) is 2.77. The van der Waals surface area contributed by atoms with Gasteiger partial charge in [-0.25, -0.2) is 14.4 Å². The summed E-state index contributed by atoms with van der Waals surface area (Å²) in [7, 11) is 1.55. The molecule has 2 aromatic heterocycles. The van der Waals surface area contributed by atoms with E-state index in [1.54, 1.807) is 37.4 Å². The van der Waals surface area contributed by atoms with E-state index in [1.165, 1.54) is 0 Å². The molecular formula is C22H18ClFN6O. The number of hydrogen-bond donors (Lipinski definition) is 3. The quantitative estimate of drug-likeness (QED) is 0.371. The molecule has 0 unspecified atom stereocenters. The second kappa shape index (κ2) is 8.85. The van der Waals surface area contributed by atoms with Crippen molar-refractivity contribution >= 4 is 40.7 Å². The summed E-state index contributed by atoms with van der Waals surface area (Å²) in [5, 5.41) is 6.36. The number of methoxy groups -OCH3 is 1. The highest BCUT2D eigenvalue weighted by atomic mass is 35.5. The van der Waals surface area contributed by atoms with Gasteiger partial charge in [-0.15, -0.1) is 0 Å². The normalized spacial score (nSPS) is 10.5. The highest BCUT2D eigenvalue weighted by Crippen LogP contribution is 2.41. The van der Waals surface area contributed by atoms with Crippen LogP contribution in [0.25, 0.3) is 11.1 Å². The molecule has 7 nitrogen and oxygen atoms in total. The highest BCUT2D eigenvalue weighted by Gasteiger charge is 2.16. The number of nitrogen functional groups attached to an aromatic ring is 1. The van der Waals surface area contributed by atoms with Crippen molar-refractivity contribution in [1.82, 2.24) is 15.0 Å². The number of nitrogens with two attached hydrogens (primary N) is 1. The van der Waals surface area contributed by atoms with Gasteiger partial charge in [0.05, 0.1) is 24.0 Å². The summed E-state index contributed by atoms with van der Waals surface area (Å²) >= 11 is 6.60. The predicted molar refractivity (Wildman–Crippen MR) is 121 cm³/mol. The average molecular weight is 437 g/mol. The first kappa shape index (κ1) is 20.4. The van der Waals surface area contributed by atoms with Crippen LogP contribution in [0.3, 0.4) is 0 Å². The maximum atomic E-state index is 14.3. The Labute approximate surface area is 183 Å². The third-order valence-corrected chi connectivity index (χ3v) is 4.77. The standard InChI is InChI=1S/C22H18ClFN6O/c1-31-16-11-10-15(19(20(16)23)13-6-3-2-4-7-13)27-22-26-12-14(24)21(30-22)29-18-9-5-8-17(25)28-18/h2-12H,1H3,(H4,25,26,27,28,29,30). The number of anilines is 5. The zero-order valence-electron chi connectivity index (χ0n) is 16.4. The van der Waals surface area contributed by atoms with Crippen molar-refractivity contribution in [2.45, 2.75) is 0 Å². The van der Waals surface area contributed by atoms with Gasteiger partial charge in [-0.2, -0.15) is 4.98 Å². The molecule has 0 aliphatic heterocycles. The van der Waals surface area contributed by atoms with Gasteiger partial charge < -0.3 is 21.1 Å². The molecule has 0 radical (unpaired) electrons. The molecule has 4 N–H and O–H groups in total. The Bertz CT molecular complexity index is 1220. The number of halogens is 2. The smallest absolute Gasteiger partial charge is 0.229 e. The molecule has 0 amide bonds. The van der Waals surface area contributed by atoms with Gasteiger partial charge in [0.1, 0.15) is 17.4 Å². The van der Waals surface area contributed by atoms with Crippen molar-refractivity contribution in [2.75, 3.05) is 23.5 Å². The van der Waals surface area contributed by atoms with E-state index in [1.807, 2.05) is 30.3 Å². The molecule has 0 saturated heterocycles. The fourth-order valence-corrected chi connectivity index (χ4v) is 3.33. The lowest BCUT2D eigenvalue weighted by atomic mass is 10.0. The van der Waals surface area contributed by atoms with E-state index in [0.29, 0.717) is 33.7 Å². The minimum atomic E-state index is -0.633. The molecule has 31 heavy (non-hydrogen) atoms. The van der Waals surface area contributed by atoms with Crippen molar-refractivity contribution < 1.29 is 9.13 Å². The van der Waals surface area contributed by atoms with E-state index >= 15 is 0 Å². The van der Waals surface area contributed by atoms with E-state index in [0.717, 1.165) is 11.8 Å². The van der Waals surface area contributed by atoms with Crippen LogP contribution in [-0.2, 0) is 0 Å². The van der Waals surface area contributed by atoms with Crippen LogP contribution in [0.1, 0.15) is 0 Å². The highest BCUT2D eigenvalue weighted by molar-refractivity contribution is 6.35. The summed E-state index contributed by atoms with van der Waals surface area (Å²) in [6.45, 7) is 0. The lowest BCUT2D eigenvalue weighted by molar-refractivity contribution is 0.415. The lowest BCUT2D eigenvalue weighted by Crippen LogP contribution is -2.05. The van der Waals surface area contributed by atoms with Crippen LogP contribution >= 0.6 is 11.6 Å². The van der Waals surface area contributed by atoms with Gasteiger partial charge in [0, 0.05) is 5.56 Å². The maximum Gasteiger partial charge on any atom is 0.229 e. The monoisotopic (exact) mass is 436 g/mol. The minimum Gasteiger partial charge on any atom is -0.495 e. The van der Waals surface area contributed by atoms with Crippen LogP contribution in [0, 0.1) is 5.82 Å².